The largest absolute Gasteiger partial charge is 0.416 e. The van der Waals surface area contributed by atoms with Crippen LogP contribution in [0, 0.1) is 6.92 Å². The lowest BCUT2D eigenvalue weighted by Gasteiger charge is -2.18. The van der Waals surface area contributed by atoms with Crippen molar-refractivity contribution in [1.82, 2.24) is 15.1 Å². The molecule has 0 amide bonds. The van der Waals surface area contributed by atoms with Gasteiger partial charge in [0.25, 0.3) is 0 Å². The normalized spacial score (nSPS) is 13.3. The summed E-state index contributed by atoms with van der Waals surface area (Å²) in [5.41, 5.74) is 0.507. The lowest BCUT2D eigenvalue weighted by atomic mass is 10.0. The van der Waals surface area contributed by atoms with E-state index in [0.717, 1.165) is 17.3 Å². The highest BCUT2D eigenvalue weighted by Gasteiger charge is 2.34. The van der Waals surface area contributed by atoms with Gasteiger partial charge in [0.2, 0.25) is 0 Å². The van der Waals surface area contributed by atoms with E-state index in [1.54, 1.807) is 14.0 Å². The summed E-state index contributed by atoms with van der Waals surface area (Å²) in [7, 11) is 1.70. The number of halogens is 4. The fourth-order valence-corrected chi connectivity index (χ4v) is 2.61. The third kappa shape index (κ3) is 4.04. The molecule has 1 atom stereocenters. The van der Waals surface area contributed by atoms with Crippen LogP contribution in [0.25, 0.3) is 0 Å². The van der Waals surface area contributed by atoms with Crippen LogP contribution in [-0.4, -0.2) is 21.4 Å². The second-order valence-electron chi connectivity index (χ2n) is 5.21. The average Bonchev–Trinajstić information content (AvgIpc) is 2.72. The Hall–Kier alpha value is -1.57. The van der Waals surface area contributed by atoms with E-state index in [1.807, 2.05) is 0 Å². The third-order valence-electron chi connectivity index (χ3n) is 3.53. The van der Waals surface area contributed by atoms with E-state index in [4.69, 9.17) is 11.6 Å². The second kappa shape index (κ2) is 6.90. The van der Waals surface area contributed by atoms with E-state index in [9.17, 15) is 18.3 Å². The molecule has 1 aromatic heterocycles. The molecule has 0 bridgehead atoms. The highest BCUT2D eigenvalue weighted by molar-refractivity contribution is 6.30. The lowest BCUT2D eigenvalue weighted by molar-refractivity contribution is -0.139. The van der Waals surface area contributed by atoms with Crippen molar-refractivity contribution in [3.8, 4) is 0 Å². The average molecular weight is 348 g/mol. The summed E-state index contributed by atoms with van der Waals surface area (Å²) >= 11 is 6.08. The third-order valence-corrected chi connectivity index (χ3v) is 4.01. The second-order valence-corrected chi connectivity index (χ2v) is 5.57. The Balaban J connectivity index is 2.05. The maximum absolute atomic E-state index is 12.9. The van der Waals surface area contributed by atoms with Crippen LogP contribution in [0.3, 0.4) is 0 Å². The minimum absolute atomic E-state index is 0.0300. The molecule has 0 unspecified atom stereocenters. The molecule has 2 aromatic rings. The van der Waals surface area contributed by atoms with Crippen molar-refractivity contribution in [3.63, 3.8) is 0 Å². The van der Waals surface area contributed by atoms with Gasteiger partial charge in [-0.2, -0.15) is 18.3 Å². The van der Waals surface area contributed by atoms with Crippen LogP contribution < -0.4 is 5.32 Å². The predicted octanol–water partition coefficient (Wildman–Crippen LogP) is 3.22. The molecule has 0 aliphatic rings. The molecule has 2 rings (SSSR count). The maximum atomic E-state index is 12.9. The Morgan fingerprint density at radius 2 is 2.00 bits per heavy atom. The van der Waals surface area contributed by atoms with Crippen molar-refractivity contribution in [3.05, 3.63) is 51.8 Å². The van der Waals surface area contributed by atoms with Gasteiger partial charge >= 0.3 is 6.18 Å². The topological polar surface area (TPSA) is 50.1 Å². The van der Waals surface area contributed by atoms with Crippen molar-refractivity contribution in [2.75, 3.05) is 6.54 Å². The summed E-state index contributed by atoms with van der Waals surface area (Å²) in [5.74, 6) is 0. The first-order valence-electron chi connectivity index (χ1n) is 6.94. The zero-order valence-corrected chi connectivity index (χ0v) is 13.4. The van der Waals surface area contributed by atoms with E-state index in [2.05, 4.69) is 10.4 Å². The first-order chi connectivity index (χ1) is 10.7. The molecule has 126 valence electrons. The molecule has 2 N–H and O–H groups in total. The fraction of sp³-hybridized carbons (Fsp3) is 0.400. The Labute approximate surface area is 136 Å². The summed E-state index contributed by atoms with van der Waals surface area (Å²) in [6.07, 6.45) is -5.77. The molecule has 0 saturated heterocycles. The molecule has 0 spiro atoms. The van der Waals surface area contributed by atoms with Crippen molar-refractivity contribution in [2.45, 2.75) is 25.7 Å². The highest BCUT2D eigenvalue weighted by Crippen LogP contribution is 2.34. The molecule has 8 heteroatoms. The molecular weight excluding hydrogens is 331 g/mol. The number of hydrogen-bond acceptors (Lipinski definition) is 3. The summed E-state index contributed by atoms with van der Waals surface area (Å²) in [6, 6.07) is 5.00. The number of benzene rings is 1. The van der Waals surface area contributed by atoms with Crippen LogP contribution in [0.5, 0.6) is 0 Å². The van der Waals surface area contributed by atoms with Crippen molar-refractivity contribution in [1.29, 1.82) is 0 Å². The monoisotopic (exact) mass is 347 g/mol. The SMILES string of the molecule is Cc1nn(C)c(Cl)c1CNC[C@@H](O)c1ccccc1C(F)(F)F. The van der Waals surface area contributed by atoms with E-state index in [-0.39, 0.29) is 12.1 Å². The molecule has 0 radical (unpaired) electrons. The maximum Gasteiger partial charge on any atom is 0.416 e. The Bertz CT molecular complexity index is 685. The first-order valence-corrected chi connectivity index (χ1v) is 7.32. The Kier molecular flexibility index (Phi) is 5.33. The number of aliphatic hydroxyl groups is 1. The van der Waals surface area contributed by atoms with Gasteiger partial charge in [0, 0.05) is 25.7 Å². The van der Waals surface area contributed by atoms with Gasteiger partial charge in [0.05, 0.1) is 17.4 Å². The molecule has 1 aromatic carbocycles. The number of alkyl halides is 3. The van der Waals surface area contributed by atoms with Gasteiger partial charge in [0.15, 0.2) is 0 Å². The number of rotatable bonds is 5. The summed E-state index contributed by atoms with van der Waals surface area (Å²) in [5, 5.41) is 17.6. The fourth-order valence-electron chi connectivity index (χ4n) is 2.36. The van der Waals surface area contributed by atoms with E-state index < -0.39 is 17.8 Å². The summed E-state index contributed by atoms with van der Waals surface area (Å²) in [6.45, 7) is 2.07. The zero-order chi connectivity index (χ0) is 17.2. The van der Waals surface area contributed by atoms with Gasteiger partial charge in [-0.3, -0.25) is 4.68 Å². The van der Waals surface area contributed by atoms with Crippen LogP contribution >= 0.6 is 11.6 Å². The number of aromatic nitrogens is 2. The van der Waals surface area contributed by atoms with Crippen molar-refractivity contribution >= 4 is 11.6 Å². The van der Waals surface area contributed by atoms with Crippen LogP contribution in [0.1, 0.15) is 28.5 Å². The summed E-state index contributed by atoms with van der Waals surface area (Å²) in [4.78, 5) is 0. The van der Waals surface area contributed by atoms with Crippen LogP contribution in [0.15, 0.2) is 24.3 Å². The predicted molar refractivity (Wildman–Crippen MR) is 81.1 cm³/mol. The van der Waals surface area contributed by atoms with Gasteiger partial charge in [-0.1, -0.05) is 29.8 Å². The van der Waals surface area contributed by atoms with Crippen molar-refractivity contribution in [2.24, 2.45) is 7.05 Å². The number of nitrogens with one attached hydrogen (secondary N) is 1. The minimum Gasteiger partial charge on any atom is -0.387 e. The quantitative estimate of drug-likeness (QED) is 0.873. The standard InChI is InChI=1S/C15H17ClF3N3O/c1-9-11(14(16)22(2)21-9)7-20-8-13(23)10-5-3-4-6-12(10)15(17,18)19/h3-6,13,20,23H,7-8H2,1-2H3/t13-/m1/s1. The number of aliphatic hydroxyl groups excluding tert-OH is 1. The molecule has 0 saturated carbocycles. The van der Waals surface area contributed by atoms with Crippen molar-refractivity contribution < 1.29 is 18.3 Å². The molecule has 23 heavy (non-hydrogen) atoms. The molecular formula is C15H17ClF3N3O. The summed E-state index contributed by atoms with van der Waals surface area (Å²) < 4.78 is 40.4. The number of nitrogens with zero attached hydrogens (tertiary/aromatic N) is 2. The molecule has 0 fully saturated rings. The zero-order valence-electron chi connectivity index (χ0n) is 12.7. The minimum atomic E-state index is -4.50. The molecule has 4 nitrogen and oxygen atoms in total. The van der Waals surface area contributed by atoms with Gasteiger partial charge in [-0.15, -0.1) is 0 Å². The van der Waals surface area contributed by atoms with Crippen LogP contribution in [0.2, 0.25) is 5.15 Å². The molecule has 1 heterocycles. The van der Waals surface area contributed by atoms with Crippen LogP contribution in [-0.2, 0) is 19.8 Å². The number of aryl methyl sites for hydroxylation is 2. The van der Waals surface area contributed by atoms with Crippen LogP contribution in [0.4, 0.5) is 13.2 Å². The van der Waals surface area contributed by atoms with E-state index in [0.29, 0.717) is 11.7 Å². The highest BCUT2D eigenvalue weighted by atomic mass is 35.5. The Morgan fingerprint density at radius 1 is 1.35 bits per heavy atom. The van der Waals surface area contributed by atoms with Gasteiger partial charge in [-0.05, 0) is 18.6 Å². The van der Waals surface area contributed by atoms with E-state index in [1.165, 1.54) is 22.9 Å². The van der Waals surface area contributed by atoms with Gasteiger partial charge < -0.3 is 10.4 Å². The lowest BCUT2D eigenvalue weighted by Crippen LogP contribution is -2.23. The molecule has 0 aliphatic carbocycles. The smallest absolute Gasteiger partial charge is 0.387 e. The van der Waals surface area contributed by atoms with Gasteiger partial charge in [0.1, 0.15) is 5.15 Å². The Morgan fingerprint density at radius 3 is 2.57 bits per heavy atom. The molecule has 0 aliphatic heterocycles. The van der Waals surface area contributed by atoms with E-state index >= 15 is 0 Å². The first kappa shape index (κ1) is 17.8. The number of hydrogen-bond donors (Lipinski definition) is 2. The van der Waals surface area contributed by atoms with Gasteiger partial charge in [-0.25, -0.2) is 0 Å².